The van der Waals surface area contributed by atoms with Crippen molar-refractivity contribution in [2.75, 3.05) is 26.3 Å². The number of ether oxygens (including phenoxy) is 2. The van der Waals surface area contributed by atoms with Crippen molar-refractivity contribution in [3.63, 3.8) is 0 Å². The van der Waals surface area contributed by atoms with E-state index in [1.807, 2.05) is 5.38 Å². The molecule has 1 atom stereocenters. The Morgan fingerprint density at radius 3 is 2.75 bits per heavy atom. The first-order chi connectivity index (χ1) is 11.6. The van der Waals surface area contributed by atoms with E-state index in [0.29, 0.717) is 37.8 Å². The highest BCUT2D eigenvalue weighted by Crippen LogP contribution is 2.36. The van der Waals surface area contributed by atoms with Crippen LogP contribution in [0.2, 0.25) is 0 Å². The van der Waals surface area contributed by atoms with Crippen LogP contribution in [0.5, 0.6) is 11.5 Å². The minimum Gasteiger partial charge on any atom is -0.490 e. The molecular weight excluding hydrogens is 346 g/mol. The Morgan fingerprint density at radius 2 is 1.96 bits per heavy atom. The molecular formula is C17H19NO4S2. The first-order valence-electron chi connectivity index (χ1n) is 8.06. The molecule has 24 heavy (non-hydrogen) atoms. The van der Waals surface area contributed by atoms with E-state index in [0.717, 1.165) is 12.8 Å². The topological polar surface area (TPSA) is 55.8 Å². The summed E-state index contributed by atoms with van der Waals surface area (Å²) in [5.74, 6) is 1.41. The number of thiophene rings is 1. The van der Waals surface area contributed by atoms with Crippen LogP contribution in [0, 0.1) is 0 Å². The minimum atomic E-state index is -3.51. The normalized spacial score (nSPS) is 21.6. The number of hydrogen-bond donors (Lipinski definition) is 0. The van der Waals surface area contributed by atoms with E-state index in [2.05, 4.69) is 11.4 Å². The average Bonchev–Trinajstić information content (AvgIpc) is 3.22. The van der Waals surface area contributed by atoms with Gasteiger partial charge in [0.1, 0.15) is 0 Å². The van der Waals surface area contributed by atoms with Gasteiger partial charge in [-0.3, -0.25) is 0 Å². The minimum absolute atomic E-state index is 0.276. The molecule has 1 fully saturated rings. The largest absolute Gasteiger partial charge is 0.490 e. The third kappa shape index (κ3) is 2.92. The summed E-state index contributed by atoms with van der Waals surface area (Å²) in [6, 6.07) is 6.98. The number of hydrogen-bond acceptors (Lipinski definition) is 5. The van der Waals surface area contributed by atoms with Crippen LogP contribution in [-0.2, 0) is 10.0 Å². The molecule has 0 N–H and O–H groups in total. The van der Waals surface area contributed by atoms with E-state index in [9.17, 15) is 8.42 Å². The zero-order valence-corrected chi connectivity index (χ0v) is 14.8. The maximum atomic E-state index is 13.0. The molecule has 1 aromatic heterocycles. The van der Waals surface area contributed by atoms with Crippen molar-refractivity contribution in [2.24, 2.45) is 0 Å². The highest BCUT2D eigenvalue weighted by atomic mass is 32.2. The third-order valence-electron chi connectivity index (χ3n) is 4.52. The number of rotatable bonds is 3. The summed E-state index contributed by atoms with van der Waals surface area (Å²) in [5, 5.41) is 4.14. The molecule has 2 aliphatic rings. The quantitative estimate of drug-likeness (QED) is 0.839. The molecule has 0 radical (unpaired) electrons. The van der Waals surface area contributed by atoms with Gasteiger partial charge in [-0.05, 0) is 46.9 Å². The maximum Gasteiger partial charge on any atom is 0.243 e. The van der Waals surface area contributed by atoms with Gasteiger partial charge in [-0.1, -0.05) is 0 Å². The van der Waals surface area contributed by atoms with Gasteiger partial charge in [-0.25, -0.2) is 8.42 Å². The van der Waals surface area contributed by atoms with Gasteiger partial charge in [0.15, 0.2) is 11.5 Å². The van der Waals surface area contributed by atoms with E-state index in [1.165, 1.54) is 5.56 Å². The van der Waals surface area contributed by atoms with Crippen molar-refractivity contribution < 1.29 is 17.9 Å². The van der Waals surface area contributed by atoms with E-state index >= 15 is 0 Å². The van der Waals surface area contributed by atoms with Gasteiger partial charge in [0, 0.05) is 25.6 Å². The fourth-order valence-electron chi connectivity index (χ4n) is 3.18. The second kappa shape index (κ2) is 6.38. The number of nitrogens with zero attached hydrogens (tertiary/aromatic N) is 1. The van der Waals surface area contributed by atoms with E-state index in [-0.39, 0.29) is 10.8 Å². The fourth-order valence-corrected chi connectivity index (χ4v) is 5.44. The van der Waals surface area contributed by atoms with Gasteiger partial charge in [0.25, 0.3) is 0 Å². The van der Waals surface area contributed by atoms with Gasteiger partial charge in [0.05, 0.1) is 18.1 Å². The molecule has 0 saturated carbocycles. The van der Waals surface area contributed by atoms with Crippen LogP contribution in [0.25, 0.3) is 0 Å². The van der Waals surface area contributed by atoms with Crippen molar-refractivity contribution in [3.05, 3.63) is 40.6 Å². The number of benzene rings is 1. The van der Waals surface area contributed by atoms with Crippen LogP contribution in [0.4, 0.5) is 0 Å². The summed E-state index contributed by atoms with van der Waals surface area (Å²) in [4.78, 5) is 0.276. The zero-order chi connectivity index (χ0) is 16.6. The lowest BCUT2D eigenvalue weighted by Crippen LogP contribution is -2.28. The number of fused-ring (bicyclic) bond motifs is 1. The molecule has 2 aliphatic heterocycles. The molecule has 7 heteroatoms. The van der Waals surface area contributed by atoms with Crippen LogP contribution in [0.3, 0.4) is 0 Å². The van der Waals surface area contributed by atoms with Crippen molar-refractivity contribution in [1.29, 1.82) is 0 Å². The Kier molecular flexibility index (Phi) is 4.24. The van der Waals surface area contributed by atoms with Gasteiger partial charge >= 0.3 is 0 Å². The summed E-state index contributed by atoms with van der Waals surface area (Å²) in [6.07, 6.45) is 1.66. The first-order valence-corrected chi connectivity index (χ1v) is 10.4. The molecule has 0 bridgehead atoms. The molecule has 128 valence electrons. The molecule has 4 rings (SSSR count). The van der Waals surface area contributed by atoms with Crippen LogP contribution < -0.4 is 9.47 Å². The fraction of sp³-hybridized carbons (Fsp3) is 0.412. The Hall–Kier alpha value is -1.57. The lowest BCUT2D eigenvalue weighted by molar-refractivity contribution is 0.297. The standard InChI is InChI=1S/C17H19NO4S2/c19-24(20,18-6-4-13(11-18)14-5-9-23-12-14)15-2-3-16-17(10-15)22-8-1-7-21-16/h2-3,5,9-10,12-13H,1,4,6-8,11H2/t13-/m0/s1. The molecule has 1 aromatic carbocycles. The van der Waals surface area contributed by atoms with Crippen LogP contribution >= 0.6 is 11.3 Å². The molecule has 0 unspecified atom stereocenters. The Labute approximate surface area is 145 Å². The molecule has 5 nitrogen and oxygen atoms in total. The van der Waals surface area contributed by atoms with E-state index in [4.69, 9.17) is 9.47 Å². The molecule has 0 amide bonds. The Morgan fingerprint density at radius 1 is 1.12 bits per heavy atom. The van der Waals surface area contributed by atoms with Gasteiger partial charge in [-0.15, -0.1) is 0 Å². The van der Waals surface area contributed by atoms with Crippen molar-refractivity contribution in [3.8, 4) is 11.5 Å². The van der Waals surface area contributed by atoms with Crippen LogP contribution in [-0.4, -0.2) is 39.0 Å². The lowest BCUT2D eigenvalue weighted by Gasteiger charge is -2.17. The number of sulfonamides is 1. The zero-order valence-electron chi connectivity index (χ0n) is 13.2. The molecule has 0 spiro atoms. The van der Waals surface area contributed by atoms with E-state index in [1.54, 1.807) is 33.8 Å². The molecule has 3 heterocycles. The highest BCUT2D eigenvalue weighted by Gasteiger charge is 2.34. The van der Waals surface area contributed by atoms with Gasteiger partial charge in [0.2, 0.25) is 10.0 Å². The SMILES string of the molecule is O=S(=O)(c1ccc2c(c1)OCCCO2)N1CC[C@H](c2ccsc2)C1. The highest BCUT2D eigenvalue weighted by molar-refractivity contribution is 7.89. The van der Waals surface area contributed by atoms with E-state index < -0.39 is 10.0 Å². The summed E-state index contributed by atoms with van der Waals surface area (Å²) < 4.78 is 38.7. The monoisotopic (exact) mass is 365 g/mol. The summed E-state index contributed by atoms with van der Waals surface area (Å²) in [6.45, 7) is 2.22. The second-order valence-electron chi connectivity index (χ2n) is 6.06. The maximum absolute atomic E-state index is 13.0. The lowest BCUT2D eigenvalue weighted by atomic mass is 10.0. The third-order valence-corrected chi connectivity index (χ3v) is 7.08. The molecule has 1 saturated heterocycles. The smallest absolute Gasteiger partial charge is 0.243 e. The summed E-state index contributed by atoms with van der Waals surface area (Å²) in [5.41, 5.74) is 1.23. The Balaban J connectivity index is 1.58. The van der Waals surface area contributed by atoms with Gasteiger partial charge in [-0.2, -0.15) is 15.6 Å². The Bertz CT molecular complexity index is 817. The van der Waals surface area contributed by atoms with Crippen LogP contribution in [0.15, 0.2) is 39.9 Å². The average molecular weight is 365 g/mol. The predicted octanol–water partition coefficient (Wildman–Crippen LogP) is 3.09. The van der Waals surface area contributed by atoms with Crippen LogP contribution in [0.1, 0.15) is 24.3 Å². The van der Waals surface area contributed by atoms with Crippen molar-refractivity contribution >= 4 is 21.4 Å². The predicted molar refractivity (Wildman–Crippen MR) is 92.5 cm³/mol. The van der Waals surface area contributed by atoms with Crippen molar-refractivity contribution in [1.82, 2.24) is 4.31 Å². The van der Waals surface area contributed by atoms with Gasteiger partial charge < -0.3 is 9.47 Å². The summed E-state index contributed by atoms with van der Waals surface area (Å²) in [7, 11) is -3.51. The van der Waals surface area contributed by atoms with Crippen molar-refractivity contribution in [2.45, 2.75) is 23.7 Å². The second-order valence-corrected chi connectivity index (χ2v) is 8.78. The summed E-state index contributed by atoms with van der Waals surface area (Å²) >= 11 is 1.65. The first kappa shape index (κ1) is 15.9. The molecule has 2 aromatic rings. The molecule has 0 aliphatic carbocycles.